The van der Waals surface area contributed by atoms with E-state index >= 15 is 0 Å². The number of thiophene rings is 1. The van der Waals surface area contributed by atoms with E-state index in [4.69, 9.17) is 10.2 Å². The van der Waals surface area contributed by atoms with Crippen LogP contribution in [-0.4, -0.2) is 35.4 Å². The smallest absolute Gasteiger partial charge is 0.228 e. The molecular weight excluding hydrogens is 274 g/mol. The maximum atomic E-state index is 12.2. The van der Waals surface area contributed by atoms with Crippen molar-refractivity contribution >= 4 is 17.2 Å². The van der Waals surface area contributed by atoms with Gasteiger partial charge in [-0.3, -0.25) is 4.79 Å². The van der Waals surface area contributed by atoms with E-state index < -0.39 is 0 Å². The fourth-order valence-electron chi connectivity index (χ4n) is 1.77. The average molecular weight is 293 g/mol. The molecule has 1 atom stereocenters. The lowest BCUT2D eigenvalue weighted by atomic mass is 10.2. The molecule has 20 heavy (non-hydrogen) atoms. The van der Waals surface area contributed by atoms with E-state index in [0.29, 0.717) is 23.9 Å². The number of hydrogen-bond donors (Lipinski definition) is 1. The lowest BCUT2D eigenvalue weighted by molar-refractivity contribution is -0.130. The topological polar surface area (TPSA) is 72.4 Å². The van der Waals surface area contributed by atoms with Gasteiger partial charge >= 0.3 is 0 Å². The van der Waals surface area contributed by atoms with Gasteiger partial charge in [0, 0.05) is 30.6 Å². The van der Waals surface area contributed by atoms with Crippen molar-refractivity contribution in [1.29, 1.82) is 0 Å². The second kappa shape index (κ2) is 6.19. The Bertz CT molecular complexity index is 577. The Morgan fingerprint density at radius 3 is 2.95 bits per heavy atom. The fourth-order valence-corrected chi connectivity index (χ4v) is 2.40. The van der Waals surface area contributed by atoms with Crippen LogP contribution in [0.5, 0.6) is 0 Å². The molecule has 0 fully saturated rings. The molecule has 1 unspecified atom stereocenters. The quantitative estimate of drug-likeness (QED) is 0.916. The van der Waals surface area contributed by atoms with Gasteiger partial charge in [-0.2, -0.15) is 11.3 Å². The minimum Gasteiger partial charge on any atom is -0.441 e. The van der Waals surface area contributed by atoms with Crippen molar-refractivity contribution in [2.24, 2.45) is 5.73 Å². The Hall–Kier alpha value is -1.66. The number of aryl methyl sites for hydroxylation is 1. The first-order valence-corrected chi connectivity index (χ1v) is 7.41. The zero-order valence-electron chi connectivity index (χ0n) is 11.9. The molecule has 1 amide bonds. The molecule has 0 bridgehead atoms. The molecule has 2 heterocycles. The highest BCUT2D eigenvalue weighted by molar-refractivity contribution is 7.08. The summed E-state index contributed by atoms with van der Waals surface area (Å²) in [6.45, 7) is 4.20. The molecule has 0 aliphatic carbocycles. The van der Waals surface area contributed by atoms with E-state index in [0.717, 1.165) is 5.56 Å². The molecule has 108 valence electrons. The van der Waals surface area contributed by atoms with Crippen LogP contribution in [-0.2, 0) is 11.2 Å². The van der Waals surface area contributed by atoms with Crippen LogP contribution >= 0.6 is 11.3 Å². The normalized spacial score (nSPS) is 12.4. The molecule has 0 saturated carbocycles. The second-order valence-electron chi connectivity index (χ2n) is 4.80. The Morgan fingerprint density at radius 1 is 1.60 bits per heavy atom. The van der Waals surface area contributed by atoms with E-state index in [1.54, 1.807) is 23.3 Å². The molecule has 0 spiro atoms. The van der Waals surface area contributed by atoms with Gasteiger partial charge < -0.3 is 15.1 Å². The molecule has 0 aromatic carbocycles. The van der Waals surface area contributed by atoms with Gasteiger partial charge in [0.25, 0.3) is 0 Å². The monoisotopic (exact) mass is 293 g/mol. The molecule has 0 radical (unpaired) electrons. The minimum atomic E-state index is -0.00350. The van der Waals surface area contributed by atoms with Crippen molar-refractivity contribution in [3.63, 3.8) is 0 Å². The second-order valence-corrected chi connectivity index (χ2v) is 5.58. The first kappa shape index (κ1) is 14.7. The summed E-state index contributed by atoms with van der Waals surface area (Å²) in [6, 6.07) is 1.97. The SMILES string of the molecule is Cc1oc(-c2ccsc2)nc1CC(=O)N(C)C(C)CN. The molecular formula is C14H19N3O2S. The average Bonchev–Trinajstić information content (AvgIpc) is 3.07. The fraction of sp³-hybridized carbons (Fsp3) is 0.429. The van der Waals surface area contributed by atoms with Crippen LogP contribution in [0.2, 0.25) is 0 Å². The number of aromatic nitrogens is 1. The van der Waals surface area contributed by atoms with Gasteiger partial charge in [0.15, 0.2) is 0 Å². The van der Waals surface area contributed by atoms with Crippen molar-refractivity contribution in [2.75, 3.05) is 13.6 Å². The highest BCUT2D eigenvalue weighted by Gasteiger charge is 2.19. The molecule has 0 aliphatic heterocycles. The van der Waals surface area contributed by atoms with Crippen molar-refractivity contribution in [2.45, 2.75) is 26.3 Å². The van der Waals surface area contributed by atoms with E-state index in [2.05, 4.69) is 4.98 Å². The van der Waals surface area contributed by atoms with Gasteiger partial charge in [-0.15, -0.1) is 0 Å². The van der Waals surface area contributed by atoms with Crippen LogP contribution < -0.4 is 5.73 Å². The number of carbonyl (C=O) groups is 1. The number of nitrogens with two attached hydrogens (primary N) is 1. The summed E-state index contributed by atoms with van der Waals surface area (Å²) in [4.78, 5) is 18.2. The molecule has 2 aromatic rings. The summed E-state index contributed by atoms with van der Waals surface area (Å²) in [6.07, 6.45) is 0.236. The third-order valence-electron chi connectivity index (χ3n) is 3.38. The number of hydrogen-bond acceptors (Lipinski definition) is 5. The van der Waals surface area contributed by atoms with Crippen LogP contribution in [0.4, 0.5) is 0 Å². The lowest BCUT2D eigenvalue weighted by Gasteiger charge is -2.23. The number of nitrogens with zero attached hydrogens (tertiary/aromatic N) is 2. The van der Waals surface area contributed by atoms with Gasteiger partial charge in [0.05, 0.1) is 12.1 Å². The van der Waals surface area contributed by atoms with Crippen LogP contribution in [0.25, 0.3) is 11.5 Å². The van der Waals surface area contributed by atoms with Crippen LogP contribution in [0.1, 0.15) is 18.4 Å². The number of carbonyl (C=O) groups excluding carboxylic acids is 1. The first-order chi connectivity index (χ1) is 9.52. The van der Waals surface area contributed by atoms with Gasteiger partial charge in [0.2, 0.25) is 11.8 Å². The van der Waals surface area contributed by atoms with Crippen molar-refractivity contribution in [3.05, 3.63) is 28.3 Å². The van der Waals surface area contributed by atoms with E-state index in [-0.39, 0.29) is 18.4 Å². The van der Waals surface area contributed by atoms with Crippen molar-refractivity contribution < 1.29 is 9.21 Å². The van der Waals surface area contributed by atoms with Crippen LogP contribution in [0, 0.1) is 6.92 Å². The Kier molecular flexibility index (Phi) is 4.57. The Labute approximate surface area is 122 Å². The highest BCUT2D eigenvalue weighted by atomic mass is 32.1. The van der Waals surface area contributed by atoms with E-state index in [1.165, 1.54) is 0 Å². The standard InChI is InChI=1S/C14H19N3O2S/c1-9(7-15)17(3)13(18)6-12-10(2)19-14(16-12)11-4-5-20-8-11/h4-5,8-9H,6-7,15H2,1-3H3. The first-order valence-electron chi connectivity index (χ1n) is 6.47. The largest absolute Gasteiger partial charge is 0.441 e. The van der Waals surface area contributed by atoms with Gasteiger partial charge in [-0.1, -0.05) is 0 Å². The Morgan fingerprint density at radius 2 is 2.35 bits per heavy atom. The number of oxazole rings is 1. The summed E-state index contributed by atoms with van der Waals surface area (Å²) in [5.41, 5.74) is 7.21. The van der Waals surface area contributed by atoms with E-state index in [1.807, 2.05) is 30.7 Å². The molecule has 5 nitrogen and oxygen atoms in total. The maximum absolute atomic E-state index is 12.2. The van der Waals surface area contributed by atoms with Crippen LogP contribution in [0.3, 0.4) is 0 Å². The number of rotatable bonds is 5. The van der Waals surface area contributed by atoms with Gasteiger partial charge in [0.1, 0.15) is 5.76 Å². The summed E-state index contributed by atoms with van der Waals surface area (Å²) in [5, 5.41) is 3.94. The predicted octanol–water partition coefficient (Wildman–Crippen LogP) is 2.06. The summed E-state index contributed by atoms with van der Waals surface area (Å²) >= 11 is 1.59. The summed E-state index contributed by atoms with van der Waals surface area (Å²) in [5.74, 6) is 1.26. The number of amides is 1. The Balaban J connectivity index is 2.12. The van der Waals surface area contributed by atoms with E-state index in [9.17, 15) is 4.79 Å². The van der Waals surface area contributed by atoms with Gasteiger partial charge in [-0.25, -0.2) is 4.98 Å². The maximum Gasteiger partial charge on any atom is 0.228 e. The van der Waals surface area contributed by atoms with Crippen molar-refractivity contribution in [1.82, 2.24) is 9.88 Å². The third kappa shape index (κ3) is 3.08. The summed E-state index contributed by atoms with van der Waals surface area (Å²) in [7, 11) is 1.76. The molecule has 2 rings (SSSR count). The zero-order valence-corrected chi connectivity index (χ0v) is 12.7. The molecule has 6 heteroatoms. The molecule has 2 aromatic heterocycles. The number of likely N-dealkylation sites (N-methyl/N-ethyl adjacent to an activating group) is 1. The highest BCUT2D eigenvalue weighted by Crippen LogP contribution is 2.24. The van der Waals surface area contributed by atoms with Crippen molar-refractivity contribution in [3.8, 4) is 11.5 Å². The zero-order chi connectivity index (χ0) is 14.7. The van der Waals surface area contributed by atoms with Crippen LogP contribution in [0.15, 0.2) is 21.2 Å². The molecule has 0 aliphatic rings. The summed E-state index contributed by atoms with van der Waals surface area (Å²) < 4.78 is 5.63. The predicted molar refractivity (Wildman–Crippen MR) is 79.5 cm³/mol. The third-order valence-corrected chi connectivity index (χ3v) is 4.06. The molecule has 2 N–H and O–H groups in total. The molecule has 0 saturated heterocycles. The minimum absolute atomic E-state index is 0.00350. The van der Waals surface area contributed by atoms with Gasteiger partial charge in [-0.05, 0) is 25.3 Å². The lowest BCUT2D eigenvalue weighted by Crippen LogP contribution is -2.40.